The maximum Gasteiger partial charge on any atom is 0.221 e. The molecule has 0 radical (unpaired) electrons. The van der Waals surface area contributed by atoms with Crippen LogP contribution in [0.25, 0.3) is 0 Å². The van der Waals surface area contributed by atoms with E-state index in [0.29, 0.717) is 19.6 Å². The van der Waals surface area contributed by atoms with Gasteiger partial charge in [0, 0.05) is 12.3 Å². The molecule has 0 fully saturated rings. The van der Waals surface area contributed by atoms with Crippen LogP contribution in [0.3, 0.4) is 0 Å². The highest BCUT2D eigenvalue weighted by Crippen LogP contribution is 2.27. The summed E-state index contributed by atoms with van der Waals surface area (Å²) in [5.41, 5.74) is 2.27. The molecule has 0 saturated carbocycles. The first-order valence-electron chi connectivity index (χ1n) is 9.39. The molecule has 0 aliphatic heterocycles. The number of hydrogen-bond donors (Lipinski definition) is 1. The van der Waals surface area contributed by atoms with Crippen molar-refractivity contribution in [2.45, 2.75) is 12.3 Å². The van der Waals surface area contributed by atoms with Crippen molar-refractivity contribution < 1.29 is 14.3 Å². The molecule has 144 valence electrons. The number of hydrogen-bond acceptors (Lipinski definition) is 3. The van der Waals surface area contributed by atoms with Crippen LogP contribution in [0.5, 0.6) is 11.5 Å². The Labute approximate surface area is 166 Å². The molecule has 0 aliphatic carbocycles. The second kappa shape index (κ2) is 10.2. The van der Waals surface area contributed by atoms with Gasteiger partial charge in [-0.25, -0.2) is 0 Å². The van der Waals surface area contributed by atoms with E-state index in [0.717, 1.165) is 22.6 Å². The van der Waals surface area contributed by atoms with E-state index in [-0.39, 0.29) is 11.8 Å². The zero-order valence-electron chi connectivity index (χ0n) is 16.0. The van der Waals surface area contributed by atoms with Crippen LogP contribution in [0.4, 0.5) is 0 Å². The largest absolute Gasteiger partial charge is 0.497 e. The van der Waals surface area contributed by atoms with Gasteiger partial charge in [0.05, 0.1) is 13.7 Å². The van der Waals surface area contributed by atoms with Crippen LogP contribution in [0.2, 0.25) is 0 Å². The summed E-state index contributed by atoms with van der Waals surface area (Å²) >= 11 is 0. The van der Waals surface area contributed by atoms with E-state index in [9.17, 15) is 4.79 Å². The topological polar surface area (TPSA) is 47.6 Å². The minimum absolute atomic E-state index is 0.0102. The summed E-state index contributed by atoms with van der Waals surface area (Å²) in [6.07, 6.45) is 0.399. The van der Waals surface area contributed by atoms with Crippen molar-refractivity contribution in [3.05, 3.63) is 96.1 Å². The monoisotopic (exact) mass is 375 g/mol. The number of carbonyl (C=O) groups is 1. The molecule has 28 heavy (non-hydrogen) atoms. The molecule has 0 atom stereocenters. The van der Waals surface area contributed by atoms with Crippen LogP contribution in [0, 0.1) is 0 Å². The second-order valence-electron chi connectivity index (χ2n) is 6.45. The fourth-order valence-electron chi connectivity index (χ4n) is 3.09. The molecule has 3 aromatic rings. The number of benzene rings is 3. The SMILES string of the molecule is COc1ccc(OCCNC(=O)CC(c2ccccc2)c2ccccc2)cc1. The second-order valence-corrected chi connectivity index (χ2v) is 6.45. The van der Waals surface area contributed by atoms with Gasteiger partial charge in [-0.2, -0.15) is 0 Å². The van der Waals surface area contributed by atoms with Gasteiger partial charge in [0.25, 0.3) is 0 Å². The summed E-state index contributed by atoms with van der Waals surface area (Å²) < 4.78 is 10.8. The lowest BCUT2D eigenvalue weighted by atomic mass is 9.88. The van der Waals surface area contributed by atoms with Gasteiger partial charge in [0.1, 0.15) is 18.1 Å². The first-order chi connectivity index (χ1) is 13.8. The zero-order chi connectivity index (χ0) is 19.6. The van der Waals surface area contributed by atoms with Crippen molar-refractivity contribution in [1.29, 1.82) is 0 Å². The van der Waals surface area contributed by atoms with Crippen LogP contribution in [-0.2, 0) is 4.79 Å². The third kappa shape index (κ3) is 5.61. The zero-order valence-corrected chi connectivity index (χ0v) is 16.0. The van der Waals surface area contributed by atoms with Gasteiger partial charge >= 0.3 is 0 Å². The molecule has 0 heterocycles. The van der Waals surface area contributed by atoms with Gasteiger partial charge in [0.15, 0.2) is 0 Å². The van der Waals surface area contributed by atoms with Crippen LogP contribution in [0.15, 0.2) is 84.9 Å². The number of rotatable bonds is 9. The van der Waals surface area contributed by atoms with Crippen LogP contribution in [0.1, 0.15) is 23.5 Å². The maximum absolute atomic E-state index is 12.5. The van der Waals surface area contributed by atoms with Crippen molar-refractivity contribution in [2.24, 2.45) is 0 Å². The number of ether oxygens (including phenoxy) is 2. The van der Waals surface area contributed by atoms with E-state index >= 15 is 0 Å². The van der Waals surface area contributed by atoms with E-state index in [2.05, 4.69) is 29.6 Å². The number of methoxy groups -OCH3 is 1. The highest BCUT2D eigenvalue weighted by Gasteiger charge is 2.17. The van der Waals surface area contributed by atoms with Crippen molar-refractivity contribution >= 4 is 5.91 Å². The molecule has 3 aromatic carbocycles. The highest BCUT2D eigenvalue weighted by atomic mass is 16.5. The maximum atomic E-state index is 12.5. The summed E-state index contributed by atoms with van der Waals surface area (Å²) in [7, 11) is 1.63. The number of amides is 1. The van der Waals surface area contributed by atoms with E-state index in [1.54, 1.807) is 7.11 Å². The Hall–Kier alpha value is -3.27. The van der Waals surface area contributed by atoms with E-state index in [1.165, 1.54) is 0 Å². The molecule has 4 heteroatoms. The van der Waals surface area contributed by atoms with Crippen molar-refractivity contribution in [3.63, 3.8) is 0 Å². The quantitative estimate of drug-likeness (QED) is 0.564. The molecule has 0 aliphatic rings. The van der Waals surface area contributed by atoms with E-state index < -0.39 is 0 Å². The summed E-state index contributed by atoms with van der Waals surface area (Å²) in [5, 5.41) is 2.96. The molecular formula is C24H25NO3. The van der Waals surface area contributed by atoms with Gasteiger partial charge in [-0.05, 0) is 35.4 Å². The first-order valence-corrected chi connectivity index (χ1v) is 9.39. The van der Waals surface area contributed by atoms with Gasteiger partial charge in [-0.1, -0.05) is 60.7 Å². The normalized spacial score (nSPS) is 10.5. The van der Waals surface area contributed by atoms with Crippen molar-refractivity contribution in [1.82, 2.24) is 5.32 Å². The summed E-state index contributed by atoms with van der Waals surface area (Å²) in [6, 6.07) is 27.7. The molecule has 0 spiro atoms. The van der Waals surface area contributed by atoms with Gasteiger partial charge in [0.2, 0.25) is 5.91 Å². The molecule has 0 unspecified atom stereocenters. The molecule has 4 nitrogen and oxygen atoms in total. The van der Waals surface area contributed by atoms with Crippen LogP contribution < -0.4 is 14.8 Å². The lowest BCUT2D eigenvalue weighted by Gasteiger charge is -2.18. The van der Waals surface area contributed by atoms with Gasteiger partial charge in [-0.3, -0.25) is 4.79 Å². The molecule has 3 rings (SSSR count). The molecule has 1 amide bonds. The third-order valence-electron chi connectivity index (χ3n) is 4.55. The summed E-state index contributed by atoms with van der Waals surface area (Å²) in [4.78, 5) is 12.5. The third-order valence-corrected chi connectivity index (χ3v) is 4.55. The predicted octanol–water partition coefficient (Wildman–Crippen LogP) is 4.41. The molecule has 0 aromatic heterocycles. The lowest BCUT2D eigenvalue weighted by molar-refractivity contribution is -0.121. The Morgan fingerprint density at radius 2 is 1.36 bits per heavy atom. The van der Waals surface area contributed by atoms with Crippen LogP contribution in [-0.4, -0.2) is 26.2 Å². The molecular weight excluding hydrogens is 350 g/mol. The van der Waals surface area contributed by atoms with Crippen LogP contribution >= 0.6 is 0 Å². The summed E-state index contributed by atoms with van der Waals surface area (Å²) in [5.74, 6) is 1.58. The number of nitrogens with one attached hydrogen (secondary N) is 1. The van der Waals surface area contributed by atoms with E-state index in [4.69, 9.17) is 9.47 Å². The minimum atomic E-state index is 0.0102. The fourth-order valence-corrected chi connectivity index (χ4v) is 3.09. The number of carbonyl (C=O) groups excluding carboxylic acids is 1. The van der Waals surface area contributed by atoms with Crippen molar-refractivity contribution in [2.75, 3.05) is 20.3 Å². The Kier molecular flexibility index (Phi) is 7.08. The Bertz CT molecular complexity index is 809. The fraction of sp³-hybridized carbons (Fsp3) is 0.208. The first kappa shape index (κ1) is 19.5. The van der Waals surface area contributed by atoms with Gasteiger partial charge < -0.3 is 14.8 Å². The van der Waals surface area contributed by atoms with Crippen molar-refractivity contribution in [3.8, 4) is 11.5 Å². The average molecular weight is 375 g/mol. The standard InChI is InChI=1S/C24H25NO3/c1-27-21-12-14-22(15-13-21)28-17-16-25-24(26)18-23(19-8-4-2-5-9-19)20-10-6-3-7-11-20/h2-15,23H,16-18H2,1H3,(H,25,26). The minimum Gasteiger partial charge on any atom is -0.497 e. The Balaban J connectivity index is 1.52. The Morgan fingerprint density at radius 1 is 0.821 bits per heavy atom. The molecule has 0 saturated heterocycles. The highest BCUT2D eigenvalue weighted by molar-refractivity contribution is 5.77. The summed E-state index contributed by atoms with van der Waals surface area (Å²) in [6.45, 7) is 0.876. The lowest BCUT2D eigenvalue weighted by Crippen LogP contribution is -2.29. The molecule has 0 bridgehead atoms. The molecule has 1 N–H and O–H groups in total. The average Bonchev–Trinajstić information content (AvgIpc) is 2.76. The van der Waals surface area contributed by atoms with Gasteiger partial charge in [-0.15, -0.1) is 0 Å². The predicted molar refractivity (Wildman–Crippen MR) is 111 cm³/mol. The van der Waals surface area contributed by atoms with E-state index in [1.807, 2.05) is 60.7 Å². The Morgan fingerprint density at radius 3 is 1.89 bits per heavy atom. The smallest absolute Gasteiger partial charge is 0.221 e.